The Bertz CT molecular complexity index is 702. The summed E-state index contributed by atoms with van der Waals surface area (Å²) in [6.07, 6.45) is 0. The highest BCUT2D eigenvalue weighted by Crippen LogP contribution is 2.35. The second-order valence-corrected chi connectivity index (χ2v) is 6.55. The van der Waals surface area contributed by atoms with Gasteiger partial charge in [-0.2, -0.15) is 5.10 Å². The average Bonchev–Trinajstić information content (AvgIpc) is 2.85. The second kappa shape index (κ2) is 5.81. The van der Waals surface area contributed by atoms with Crippen molar-refractivity contribution in [1.29, 1.82) is 0 Å². The Morgan fingerprint density at radius 1 is 1.30 bits per heavy atom. The molecule has 5 nitrogen and oxygen atoms in total. The van der Waals surface area contributed by atoms with Crippen molar-refractivity contribution in [3.8, 4) is 0 Å². The Morgan fingerprint density at radius 2 is 1.96 bits per heavy atom. The first-order valence-corrected chi connectivity index (χ1v) is 7.95. The fourth-order valence-corrected chi connectivity index (χ4v) is 3.41. The normalized spacial score (nSPS) is 17.7. The minimum Gasteiger partial charge on any atom is -0.395 e. The first-order valence-electron chi connectivity index (χ1n) is 7.95. The lowest BCUT2D eigenvalue weighted by atomic mass is 9.74. The molecule has 0 saturated carbocycles. The van der Waals surface area contributed by atoms with E-state index >= 15 is 0 Å². The topological polar surface area (TPSA) is 58.4 Å². The molecule has 0 spiro atoms. The molecule has 2 heterocycles. The molecule has 1 fully saturated rings. The Balaban J connectivity index is 1.73. The number of aromatic nitrogens is 2. The highest BCUT2D eigenvalue weighted by atomic mass is 16.3. The van der Waals surface area contributed by atoms with E-state index in [0.29, 0.717) is 13.1 Å². The summed E-state index contributed by atoms with van der Waals surface area (Å²) in [5, 5.41) is 14.2. The van der Waals surface area contributed by atoms with Gasteiger partial charge >= 0.3 is 0 Å². The molecule has 1 aliphatic heterocycles. The van der Waals surface area contributed by atoms with Crippen LogP contribution in [0.5, 0.6) is 0 Å². The molecule has 3 rings (SSSR count). The number of rotatable bonds is 4. The van der Waals surface area contributed by atoms with Crippen molar-refractivity contribution < 1.29 is 9.90 Å². The standard InChI is InChI=1S/C18H23N3O2/c1-13-9-14(2)21(19-13)15(3)17(23)20-10-18(11-20,12-22)16-7-5-4-6-8-16/h4-9,15,22H,10-12H2,1-3H3. The zero-order valence-electron chi connectivity index (χ0n) is 13.9. The van der Waals surface area contributed by atoms with Crippen LogP contribution in [0.4, 0.5) is 0 Å². The third-order valence-corrected chi connectivity index (χ3v) is 4.76. The molecular formula is C18H23N3O2. The van der Waals surface area contributed by atoms with Gasteiger partial charge < -0.3 is 10.0 Å². The molecule has 1 atom stereocenters. The quantitative estimate of drug-likeness (QED) is 0.937. The van der Waals surface area contributed by atoms with Crippen molar-refractivity contribution >= 4 is 5.91 Å². The van der Waals surface area contributed by atoms with Crippen molar-refractivity contribution in [1.82, 2.24) is 14.7 Å². The molecule has 1 amide bonds. The van der Waals surface area contributed by atoms with Gasteiger partial charge in [-0.1, -0.05) is 30.3 Å². The van der Waals surface area contributed by atoms with Crippen LogP contribution in [-0.2, 0) is 10.2 Å². The van der Waals surface area contributed by atoms with Crippen LogP contribution >= 0.6 is 0 Å². The van der Waals surface area contributed by atoms with Crippen molar-refractivity contribution in [3.05, 3.63) is 53.3 Å². The van der Waals surface area contributed by atoms with Gasteiger partial charge in [0, 0.05) is 18.8 Å². The summed E-state index contributed by atoms with van der Waals surface area (Å²) in [5.74, 6) is 0.0520. The lowest BCUT2D eigenvalue weighted by Crippen LogP contribution is -2.64. The molecule has 1 unspecified atom stereocenters. The van der Waals surface area contributed by atoms with Gasteiger partial charge in [0.05, 0.1) is 17.7 Å². The maximum Gasteiger partial charge on any atom is 0.247 e. The average molecular weight is 313 g/mol. The van der Waals surface area contributed by atoms with Gasteiger partial charge in [-0.15, -0.1) is 0 Å². The number of nitrogens with zero attached hydrogens (tertiary/aromatic N) is 3. The number of carbonyl (C=O) groups excluding carboxylic acids is 1. The molecular weight excluding hydrogens is 290 g/mol. The fraction of sp³-hybridized carbons (Fsp3) is 0.444. The monoisotopic (exact) mass is 313 g/mol. The predicted octanol–water partition coefficient (Wildman–Crippen LogP) is 1.83. The second-order valence-electron chi connectivity index (χ2n) is 6.55. The highest BCUT2D eigenvalue weighted by Gasteiger charge is 2.47. The first kappa shape index (κ1) is 15.7. The number of benzene rings is 1. The van der Waals surface area contributed by atoms with Crippen molar-refractivity contribution in [3.63, 3.8) is 0 Å². The first-order chi connectivity index (χ1) is 11.0. The van der Waals surface area contributed by atoms with Gasteiger partial charge in [0.1, 0.15) is 6.04 Å². The van der Waals surface area contributed by atoms with E-state index in [4.69, 9.17) is 0 Å². The van der Waals surface area contributed by atoms with E-state index in [9.17, 15) is 9.90 Å². The smallest absolute Gasteiger partial charge is 0.247 e. The molecule has 2 aromatic rings. The predicted molar refractivity (Wildman–Crippen MR) is 88.2 cm³/mol. The van der Waals surface area contributed by atoms with Crippen molar-refractivity contribution in [2.24, 2.45) is 0 Å². The van der Waals surface area contributed by atoms with Crippen LogP contribution in [0, 0.1) is 13.8 Å². The lowest BCUT2D eigenvalue weighted by Gasteiger charge is -2.50. The van der Waals surface area contributed by atoms with E-state index in [0.717, 1.165) is 17.0 Å². The number of aliphatic hydroxyl groups is 1. The molecule has 1 saturated heterocycles. The van der Waals surface area contributed by atoms with Gasteiger partial charge in [0.2, 0.25) is 5.91 Å². The molecule has 0 radical (unpaired) electrons. The molecule has 1 N–H and O–H groups in total. The van der Waals surface area contributed by atoms with Crippen LogP contribution < -0.4 is 0 Å². The van der Waals surface area contributed by atoms with Crippen LogP contribution in [0.25, 0.3) is 0 Å². The van der Waals surface area contributed by atoms with Crippen LogP contribution in [0.1, 0.15) is 29.9 Å². The van der Waals surface area contributed by atoms with Crippen molar-refractivity contribution in [2.75, 3.05) is 19.7 Å². The lowest BCUT2D eigenvalue weighted by molar-refractivity contribution is -0.144. The molecule has 23 heavy (non-hydrogen) atoms. The minimum absolute atomic E-state index is 0.0507. The SMILES string of the molecule is Cc1cc(C)n(C(C)C(=O)N2CC(CO)(c3ccccc3)C2)n1. The van der Waals surface area contributed by atoms with Crippen LogP contribution in [0.15, 0.2) is 36.4 Å². The summed E-state index contributed by atoms with van der Waals surface area (Å²) >= 11 is 0. The molecule has 1 aromatic heterocycles. The van der Waals surface area contributed by atoms with Gasteiger partial charge in [-0.05, 0) is 32.4 Å². The number of hydrogen-bond donors (Lipinski definition) is 1. The zero-order chi connectivity index (χ0) is 16.6. The third kappa shape index (κ3) is 2.65. The van der Waals surface area contributed by atoms with Crippen LogP contribution in [-0.4, -0.2) is 45.4 Å². The Hall–Kier alpha value is -2.14. The summed E-state index contributed by atoms with van der Waals surface area (Å²) in [5.41, 5.74) is 2.66. The van der Waals surface area contributed by atoms with E-state index in [1.54, 1.807) is 4.68 Å². The number of hydrogen-bond acceptors (Lipinski definition) is 3. The maximum absolute atomic E-state index is 12.7. The molecule has 0 aliphatic carbocycles. The van der Waals surface area contributed by atoms with E-state index in [2.05, 4.69) is 5.10 Å². The number of carbonyl (C=O) groups is 1. The molecule has 1 aliphatic rings. The number of aliphatic hydroxyl groups excluding tert-OH is 1. The summed E-state index contributed by atoms with van der Waals surface area (Å²) in [6.45, 7) is 6.92. The summed E-state index contributed by atoms with van der Waals surface area (Å²) in [7, 11) is 0. The Kier molecular flexibility index (Phi) is 3.98. The van der Waals surface area contributed by atoms with E-state index in [-0.39, 0.29) is 24.0 Å². The Labute approximate surface area is 136 Å². The summed E-state index contributed by atoms with van der Waals surface area (Å²) in [4.78, 5) is 14.5. The molecule has 122 valence electrons. The van der Waals surface area contributed by atoms with Gasteiger partial charge in [-0.3, -0.25) is 9.48 Å². The highest BCUT2D eigenvalue weighted by molar-refractivity contribution is 5.81. The van der Waals surface area contributed by atoms with Crippen LogP contribution in [0.3, 0.4) is 0 Å². The largest absolute Gasteiger partial charge is 0.395 e. The molecule has 5 heteroatoms. The molecule has 0 bridgehead atoms. The van der Waals surface area contributed by atoms with Gasteiger partial charge in [-0.25, -0.2) is 0 Å². The van der Waals surface area contributed by atoms with Gasteiger partial charge in [0.15, 0.2) is 0 Å². The van der Waals surface area contributed by atoms with E-state index in [1.807, 2.05) is 62.1 Å². The number of amides is 1. The van der Waals surface area contributed by atoms with Gasteiger partial charge in [0.25, 0.3) is 0 Å². The minimum atomic E-state index is -0.328. The fourth-order valence-electron chi connectivity index (χ4n) is 3.41. The van der Waals surface area contributed by atoms with E-state index < -0.39 is 0 Å². The summed E-state index contributed by atoms with van der Waals surface area (Å²) < 4.78 is 1.78. The number of likely N-dealkylation sites (tertiary alicyclic amines) is 1. The van der Waals surface area contributed by atoms with Crippen LogP contribution in [0.2, 0.25) is 0 Å². The Morgan fingerprint density at radius 3 is 2.48 bits per heavy atom. The molecule has 1 aromatic carbocycles. The van der Waals surface area contributed by atoms with E-state index in [1.165, 1.54) is 0 Å². The third-order valence-electron chi connectivity index (χ3n) is 4.76. The zero-order valence-corrected chi connectivity index (χ0v) is 13.9. The maximum atomic E-state index is 12.7. The summed E-state index contributed by atoms with van der Waals surface area (Å²) in [6, 6.07) is 11.6. The van der Waals surface area contributed by atoms with Crippen molar-refractivity contribution in [2.45, 2.75) is 32.2 Å². The number of aryl methyl sites for hydroxylation is 2.